The van der Waals surface area contributed by atoms with Gasteiger partial charge >= 0.3 is 6.18 Å². The number of ether oxygens (including phenoxy) is 1. The Morgan fingerprint density at radius 1 is 1.12 bits per heavy atom. The zero-order valence-corrected chi connectivity index (χ0v) is 15.3. The number of hydrogen-bond acceptors (Lipinski definition) is 3. The normalized spacial score (nSPS) is 11.3. The molecule has 0 aliphatic rings. The van der Waals surface area contributed by atoms with Crippen LogP contribution in [-0.2, 0) is 4.79 Å². The van der Waals surface area contributed by atoms with Gasteiger partial charge in [-0.3, -0.25) is 4.79 Å². The van der Waals surface area contributed by atoms with Crippen LogP contribution in [0.3, 0.4) is 0 Å². The van der Waals surface area contributed by atoms with Gasteiger partial charge in [0, 0.05) is 17.1 Å². The first kappa shape index (κ1) is 20.2. The lowest BCUT2D eigenvalue weighted by atomic mass is 10.1. The minimum absolute atomic E-state index is 0.0000116. The standard InChI is InChI=1S/C19H20F3NO2S/c1-13-7-8-15(11-14(13)2)26-10-9-18(24)23-16-5-3-4-6-17(16)25-12-19(20,21)22/h3-8,11H,9-10,12H2,1-2H3,(H,23,24). The highest BCUT2D eigenvalue weighted by Crippen LogP contribution is 2.27. The fourth-order valence-corrected chi connectivity index (χ4v) is 3.08. The smallest absolute Gasteiger partial charge is 0.422 e. The van der Waals surface area contributed by atoms with Crippen molar-refractivity contribution in [2.75, 3.05) is 17.7 Å². The van der Waals surface area contributed by atoms with Gasteiger partial charge in [0.05, 0.1) is 5.69 Å². The van der Waals surface area contributed by atoms with E-state index in [0.29, 0.717) is 5.75 Å². The van der Waals surface area contributed by atoms with Crippen LogP contribution in [-0.4, -0.2) is 24.4 Å². The Labute approximate surface area is 154 Å². The van der Waals surface area contributed by atoms with Crippen LogP contribution in [0.4, 0.5) is 18.9 Å². The van der Waals surface area contributed by atoms with Crippen LogP contribution < -0.4 is 10.1 Å². The molecule has 2 aromatic rings. The third-order valence-electron chi connectivity index (χ3n) is 3.63. The predicted octanol–water partition coefficient (Wildman–Crippen LogP) is 5.37. The fourth-order valence-electron chi connectivity index (χ4n) is 2.13. The van der Waals surface area contributed by atoms with E-state index in [2.05, 4.69) is 11.4 Å². The van der Waals surface area contributed by atoms with Crippen molar-refractivity contribution in [1.82, 2.24) is 0 Å². The van der Waals surface area contributed by atoms with Gasteiger partial charge in [-0.15, -0.1) is 11.8 Å². The van der Waals surface area contributed by atoms with Gasteiger partial charge in [0.1, 0.15) is 5.75 Å². The Morgan fingerprint density at radius 2 is 1.85 bits per heavy atom. The highest BCUT2D eigenvalue weighted by Gasteiger charge is 2.28. The highest BCUT2D eigenvalue weighted by atomic mass is 32.2. The summed E-state index contributed by atoms with van der Waals surface area (Å²) in [5, 5.41) is 2.61. The number of para-hydroxylation sites is 2. The average molecular weight is 383 g/mol. The number of carbonyl (C=O) groups is 1. The van der Waals surface area contributed by atoms with Gasteiger partial charge in [-0.1, -0.05) is 18.2 Å². The monoisotopic (exact) mass is 383 g/mol. The second-order valence-corrected chi connectivity index (χ2v) is 6.96. The molecule has 140 valence electrons. The molecule has 0 heterocycles. The van der Waals surface area contributed by atoms with Crippen molar-refractivity contribution in [1.29, 1.82) is 0 Å². The molecule has 3 nitrogen and oxygen atoms in total. The molecule has 26 heavy (non-hydrogen) atoms. The maximum absolute atomic E-state index is 12.3. The lowest BCUT2D eigenvalue weighted by molar-refractivity contribution is -0.153. The summed E-state index contributed by atoms with van der Waals surface area (Å²) < 4.78 is 41.7. The molecule has 0 radical (unpaired) electrons. The number of hydrogen-bond donors (Lipinski definition) is 1. The van der Waals surface area contributed by atoms with Crippen LogP contribution in [0, 0.1) is 13.8 Å². The number of benzene rings is 2. The number of carbonyl (C=O) groups excluding carboxylic acids is 1. The molecule has 1 N–H and O–H groups in total. The summed E-state index contributed by atoms with van der Waals surface area (Å²) in [6, 6.07) is 12.2. The molecule has 0 saturated heterocycles. The zero-order valence-electron chi connectivity index (χ0n) is 14.5. The topological polar surface area (TPSA) is 38.3 Å². The molecule has 0 aromatic heterocycles. The van der Waals surface area contributed by atoms with E-state index in [1.165, 1.54) is 23.3 Å². The third-order valence-corrected chi connectivity index (χ3v) is 4.62. The van der Waals surface area contributed by atoms with Crippen LogP contribution >= 0.6 is 11.8 Å². The summed E-state index contributed by atoms with van der Waals surface area (Å²) in [4.78, 5) is 13.2. The van der Waals surface area contributed by atoms with Gasteiger partial charge in [0.25, 0.3) is 0 Å². The first-order valence-electron chi connectivity index (χ1n) is 8.03. The molecule has 0 spiro atoms. The van der Waals surface area contributed by atoms with Gasteiger partial charge in [0.2, 0.25) is 5.91 Å². The van der Waals surface area contributed by atoms with E-state index in [0.717, 1.165) is 4.90 Å². The Kier molecular flexibility index (Phi) is 6.97. The van der Waals surface area contributed by atoms with Gasteiger partial charge in [-0.2, -0.15) is 13.2 Å². The number of aryl methyl sites for hydroxylation is 2. The summed E-state index contributed by atoms with van der Waals surface area (Å²) in [5.41, 5.74) is 2.63. The molecule has 0 fully saturated rings. The number of thioether (sulfide) groups is 1. The molecule has 2 aromatic carbocycles. The van der Waals surface area contributed by atoms with Crippen molar-refractivity contribution < 1.29 is 22.7 Å². The molecule has 0 bridgehead atoms. The number of anilines is 1. The SMILES string of the molecule is Cc1ccc(SCCC(=O)Nc2ccccc2OCC(F)(F)F)cc1C. The lowest BCUT2D eigenvalue weighted by Crippen LogP contribution is -2.20. The molecule has 1 amide bonds. The van der Waals surface area contributed by atoms with Gasteiger partial charge in [0.15, 0.2) is 6.61 Å². The molecular weight excluding hydrogens is 363 g/mol. The minimum atomic E-state index is -4.43. The second-order valence-electron chi connectivity index (χ2n) is 5.79. The minimum Gasteiger partial charge on any atom is -0.482 e. The maximum atomic E-state index is 12.3. The second kappa shape index (κ2) is 8.98. The molecule has 0 aliphatic carbocycles. The molecule has 0 saturated carbocycles. The van der Waals surface area contributed by atoms with Crippen LogP contribution in [0.5, 0.6) is 5.75 Å². The number of halogens is 3. The average Bonchev–Trinajstić information content (AvgIpc) is 2.56. The van der Waals surface area contributed by atoms with Crippen molar-refractivity contribution in [3.05, 3.63) is 53.6 Å². The zero-order chi connectivity index (χ0) is 19.2. The van der Waals surface area contributed by atoms with E-state index in [4.69, 9.17) is 4.74 Å². The maximum Gasteiger partial charge on any atom is 0.422 e. The van der Waals surface area contributed by atoms with Crippen LogP contribution in [0.2, 0.25) is 0 Å². The Balaban J connectivity index is 1.86. The van der Waals surface area contributed by atoms with E-state index in [1.54, 1.807) is 23.9 Å². The summed E-state index contributed by atoms with van der Waals surface area (Å²) in [7, 11) is 0. The Hall–Kier alpha value is -2.15. The summed E-state index contributed by atoms with van der Waals surface area (Å²) in [6.07, 6.45) is -4.19. The molecule has 7 heteroatoms. The quantitative estimate of drug-likeness (QED) is 0.654. The predicted molar refractivity (Wildman–Crippen MR) is 97.9 cm³/mol. The Morgan fingerprint density at radius 3 is 2.54 bits per heavy atom. The summed E-state index contributed by atoms with van der Waals surface area (Å²) in [5.74, 6) is 0.296. The van der Waals surface area contributed by atoms with E-state index < -0.39 is 12.8 Å². The highest BCUT2D eigenvalue weighted by molar-refractivity contribution is 7.99. The summed E-state index contributed by atoms with van der Waals surface area (Å²) >= 11 is 1.56. The number of alkyl halides is 3. The van der Waals surface area contributed by atoms with Gasteiger partial charge in [-0.05, 0) is 49.2 Å². The fraction of sp³-hybridized carbons (Fsp3) is 0.316. The van der Waals surface area contributed by atoms with Crippen LogP contribution in [0.1, 0.15) is 17.5 Å². The van der Waals surface area contributed by atoms with Crippen molar-refractivity contribution in [3.63, 3.8) is 0 Å². The van der Waals surface area contributed by atoms with Crippen molar-refractivity contribution >= 4 is 23.4 Å². The third kappa shape index (κ3) is 6.63. The van der Waals surface area contributed by atoms with Crippen LogP contribution in [0.15, 0.2) is 47.4 Å². The van der Waals surface area contributed by atoms with Crippen molar-refractivity contribution in [2.24, 2.45) is 0 Å². The largest absolute Gasteiger partial charge is 0.482 e. The van der Waals surface area contributed by atoms with E-state index in [-0.39, 0.29) is 23.8 Å². The lowest BCUT2D eigenvalue weighted by Gasteiger charge is -2.13. The Bertz CT molecular complexity index is 763. The molecule has 0 atom stereocenters. The summed E-state index contributed by atoms with van der Waals surface area (Å²) in [6.45, 7) is 2.67. The van der Waals surface area contributed by atoms with E-state index in [1.807, 2.05) is 26.0 Å². The van der Waals surface area contributed by atoms with Crippen LogP contribution in [0.25, 0.3) is 0 Å². The van der Waals surface area contributed by atoms with E-state index >= 15 is 0 Å². The first-order chi connectivity index (χ1) is 12.2. The van der Waals surface area contributed by atoms with Gasteiger partial charge < -0.3 is 10.1 Å². The van der Waals surface area contributed by atoms with Crippen molar-refractivity contribution in [2.45, 2.75) is 31.3 Å². The molecule has 2 rings (SSSR count). The van der Waals surface area contributed by atoms with Gasteiger partial charge in [-0.25, -0.2) is 0 Å². The molecular formula is C19H20F3NO2S. The van der Waals surface area contributed by atoms with E-state index in [9.17, 15) is 18.0 Å². The molecule has 0 unspecified atom stereocenters. The first-order valence-corrected chi connectivity index (χ1v) is 9.01. The van der Waals surface area contributed by atoms with Crippen molar-refractivity contribution in [3.8, 4) is 5.75 Å². The number of nitrogens with one attached hydrogen (secondary N) is 1. The number of amides is 1. The molecule has 0 aliphatic heterocycles. The number of rotatable bonds is 7.